The number of aliphatic carboxylic acids is 1. The first kappa shape index (κ1) is 36.8. The normalized spacial score (nSPS) is 38.7. The number of carbonyl (C=O) groups is 3. The van der Waals surface area contributed by atoms with Gasteiger partial charge >= 0.3 is 5.97 Å². The largest absolute Gasteiger partial charge is 0.494 e. The maximum Gasteiger partial charge on any atom is 0.351 e. The second kappa shape index (κ2) is 15.2. The van der Waals surface area contributed by atoms with Gasteiger partial charge in [0.05, 0.1) is 30.9 Å². The number of hydrogen-bond donors (Lipinski definition) is 6. The van der Waals surface area contributed by atoms with Crippen molar-refractivity contribution < 1.29 is 34.1 Å². The van der Waals surface area contributed by atoms with E-state index in [0.29, 0.717) is 49.0 Å². The van der Waals surface area contributed by atoms with Crippen LogP contribution in [-0.2, 0) is 23.9 Å². The monoisotopic (exact) mass is 672 g/mol. The van der Waals surface area contributed by atoms with Crippen molar-refractivity contribution in [3.8, 4) is 0 Å². The van der Waals surface area contributed by atoms with Crippen LogP contribution in [0.1, 0.15) is 105 Å². The van der Waals surface area contributed by atoms with Crippen molar-refractivity contribution in [2.45, 2.75) is 147 Å². The lowest BCUT2D eigenvalue weighted by Crippen LogP contribution is -2.73. The predicted molar refractivity (Wildman–Crippen MR) is 183 cm³/mol. The molecule has 4 bridgehead atoms. The molecule has 5 aliphatic carbocycles. The summed E-state index contributed by atoms with van der Waals surface area (Å²) < 4.78 is 12.4. The quantitative estimate of drug-likeness (QED) is 0.143. The van der Waals surface area contributed by atoms with Gasteiger partial charge in [0.15, 0.2) is 0 Å². The molecule has 270 valence electrons. The van der Waals surface area contributed by atoms with E-state index >= 15 is 0 Å². The lowest BCUT2D eigenvalue weighted by atomic mass is 9.53. The Morgan fingerprint density at radius 2 is 1.56 bits per heavy atom. The van der Waals surface area contributed by atoms with E-state index in [2.05, 4.69) is 47.8 Å². The zero-order valence-electron chi connectivity index (χ0n) is 29.7. The Hall–Kier alpha value is -2.47. The fourth-order valence-electron chi connectivity index (χ4n) is 10.2. The number of allylic oxidation sites excluding steroid dienone is 1. The van der Waals surface area contributed by atoms with E-state index in [1.165, 1.54) is 33.1 Å². The molecule has 6 rings (SSSR count). The standard InChI is InChI=1S/C37H60N4O7/c1-7-24(8-2)13-29-14-28(21(4)47-9-3)15-30(33(29)39-22(5)42)41-37(35(45)46)19-31(44)34(40-23(6)43)32(48-37)20-38-36-16-25-10-26(17-36)12-27(11-25)18-36/h14,24-27,29-34,38,41,44H,4,7-13,15-20H2,1-3,5-6H3,(H,39,42)(H,40,43)(H,45,46). The number of carboxylic acid groups (broad SMARTS) is 1. The molecule has 0 aromatic rings. The number of rotatable bonds is 15. The average Bonchev–Trinajstić information content (AvgIpc) is 3.00. The van der Waals surface area contributed by atoms with Crippen molar-refractivity contribution in [3.05, 3.63) is 24.0 Å². The third-order valence-corrected chi connectivity index (χ3v) is 12.1. The fraction of sp³-hybridized carbons (Fsp3) is 0.811. The highest BCUT2D eigenvalue weighted by Gasteiger charge is 2.56. The second-order valence-corrected chi connectivity index (χ2v) is 15.7. The molecule has 48 heavy (non-hydrogen) atoms. The summed E-state index contributed by atoms with van der Waals surface area (Å²) in [4.78, 5) is 38.3. The molecule has 0 radical (unpaired) electrons. The van der Waals surface area contributed by atoms with Gasteiger partial charge in [0.1, 0.15) is 5.76 Å². The molecule has 11 nitrogen and oxygen atoms in total. The van der Waals surface area contributed by atoms with E-state index in [0.717, 1.165) is 44.1 Å². The first-order chi connectivity index (χ1) is 22.8. The van der Waals surface area contributed by atoms with Crippen LogP contribution in [0.15, 0.2) is 24.0 Å². The Morgan fingerprint density at radius 1 is 0.979 bits per heavy atom. The zero-order valence-corrected chi connectivity index (χ0v) is 29.7. The average molecular weight is 673 g/mol. The number of hydrogen-bond acceptors (Lipinski definition) is 8. The van der Waals surface area contributed by atoms with Gasteiger partial charge in [-0.3, -0.25) is 14.9 Å². The van der Waals surface area contributed by atoms with Crippen molar-refractivity contribution in [1.29, 1.82) is 0 Å². The molecule has 1 aliphatic heterocycles. The van der Waals surface area contributed by atoms with Crippen LogP contribution in [0.5, 0.6) is 0 Å². The minimum absolute atomic E-state index is 0.0257. The number of aliphatic hydroxyl groups is 1. The van der Waals surface area contributed by atoms with Gasteiger partial charge < -0.3 is 35.6 Å². The van der Waals surface area contributed by atoms with Crippen molar-refractivity contribution in [2.24, 2.45) is 29.6 Å². The van der Waals surface area contributed by atoms with E-state index in [4.69, 9.17) is 9.47 Å². The topological polar surface area (TPSA) is 158 Å². The Bertz CT molecular complexity index is 1200. The van der Waals surface area contributed by atoms with Crippen LogP contribution >= 0.6 is 0 Å². The number of carboxylic acids is 1. The lowest BCUT2D eigenvalue weighted by molar-refractivity contribution is -0.216. The zero-order chi connectivity index (χ0) is 34.8. The van der Waals surface area contributed by atoms with Gasteiger partial charge in [0.2, 0.25) is 17.5 Å². The Balaban J connectivity index is 1.44. The fourth-order valence-corrected chi connectivity index (χ4v) is 10.2. The van der Waals surface area contributed by atoms with E-state index in [-0.39, 0.29) is 29.7 Å². The minimum atomic E-state index is -1.97. The molecule has 4 saturated carbocycles. The SMILES string of the molecule is C=C(OCC)C1=CC(CC(CC)CC)C(NC(C)=O)C(NC2(C(=O)O)CC(O)C(NC(C)=O)C(CNC34CC5CC(CC(C5)C3)C4)O2)C1. The first-order valence-corrected chi connectivity index (χ1v) is 18.5. The summed E-state index contributed by atoms with van der Waals surface area (Å²) in [6.45, 7) is 14.0. The van der Waals surface area contributed by atoms with Crippen LogP contribution < -0.4 is 21.3 Å². The maximum atomic E-state index is 13.3. The van der Waals surface area contributed by atoms with Crippen LogP contribution in [0.4, 0.5) is 0 Å². The highest BCUT2D eigenvalue weighted by molar-refractivity contribution is 5.78. The molecule has 1 heterocycles. The Morgan fingerprint density at radius 3 is 2.08 bits per heavy atom. The van der Waals surface area contributed by atoms with Gasteiger partial charge in [-0.1, -0.05) is 39.3 Å². The third-order valence-electron chi connectivity index (χ3n) is 12.1. The molecule has 7 atom stereocenters. The van der Waals surface area contributed by atoms with Crippen molar-refractivity contribution in [1.82, 2.24) is 21.3 Å². The predicted octanol–water partition coefficient (Wildman–Crippen LogP) is 3.77. The van der Waals surface area contributed by atoms with Gasteiger partial charge in [-0.05, 0) is 93.5 Å². The Kier molecular flexibility index (Phi) is 11.6. The van der Waals surface area contributed by atoms with Gasteiger partial charge in [0.25, 0.3) is 0 Å². The molecule has 0 aromatic carbocycles. The molecule has 5 fully saturated rings. The van der Waals surface area contributed by atoms with Gasteiger partial charge in [-0.2, -0.15) is 0 Å². The van der Waals surface area contributed by atoms with Gasteiger partial charge in [0, 0.05) is 38.4 Å². The molecular weight excluding hydrogens is 612 g/mol. The number of carbonyl (C=O) groups excluding carboxylic acids is 2. The summed E-state index contributed by atoms with van der Waals surface area (Å²) >= 11 is 0. The van der Waals surface area contributed by atoms with E-state index in [1.54, 1.807) is 0 Å². The number of amides is 2. The van der Waals surface area contributed by atoms with Crippen LogP contribution in [-0.4, -0.2) is 82.7 Å². The number of nitrogens with one attached hydrogen (secondary N) is 4. The molecule has 11 heteroatoms. The summed E-state index contributed by atoms with van der Waals surface area (Å²) in [5, 5.41) is 35.6. The highest BCUT2D eigenvalue weighted by atomic mass is 16.6. The summed E-state index contributed by atoms with van der Waals surface area (Å²) in [6, 6.07) is -1.79. The van der Waals surface area contributed by atoms with Crippen molar-refractivity contribution in [2.75, 3.05) is 13.2 Å². The summed E-state index contributed by atoms with van der Waals surface area (Å²) in [5.74, 6) is 1.19. The number of aliphatic hydroxyl groups excluding tert-OH is 1. The molecule has 0 aromatic heterocycles. The van der Waals surface area contributed by atoms with Crippen LogP contribution in [0.25, 0.3) is 0 Å². The van der Waals surface area contributed by atoms with Crippen molar-refractivity contribution in [3.63, 3.8) is 0 Å². The van der Waals surface area contributed by atoms with Crippen LogP contribution in [0, 0.1) is 29.6 Å². The smallest absolute Gasteiger partial charge is 0.351 e. The summed E-state index contributed by atoms with van der Waals surface area (Å²) in [5.41, 5.74) is -1.14. The van der Waals surface area contributed by atoms with E-state index in [1.807, 2.05) is 6.92 Å². The first-order valence-electron chi connectivity index (χ1n) is 18.5. The Labute approximate surface area is 286 Å². The van der Waals surface area contributed by atoms with Crippen LogP contribution in [0.2, 0.25) is 0 Å². The van der Waals surface area contributed by atoms with E-state index < -0.39 is 42.0 Å². The summed E-state index contributed by atoms with van der Waals surface area (Å²) in [7, 11) is 0. The van der Waals surface area contributed by atoms with Crippen LogP contribution in [0.3, 0.4) is 0 Å². The van der Waals surface area contributed by atoms with Gasteiger partial charge in [-0.15, -0.1) is 0 Å². The molecule has 7 unspecified atom stereocenters. The molecule has 2 amide bonds. The highest BCUT2D eigenvalue weighted by Crippen LogP contribution is 2.55. The second-order valence-electron chi connectivity index (χ2n) is 15.7. The third kappa shape index (κ3) is 8.11. The molecular formula is C37H60N4O7. The molecule has 1 saturated heterocycles. The number of ether oxygens (including phenoxy) is 2. The maximum absolute atomic E-state index is 13.3. The summed E-state index contributed by atoms with van der Waals surface area (Å²) in [6.07, 6.45) is 10.1. The van der Waals surface area contributed by atoms with E-state index in [9.17, 15) is 24.6 Å². The minimum Gasteiger partial charge on any atom is -0.494 e. The molecule has 0 spiro atoms. The van der Waals surface area contributed by atoms with Crippen molar-refractivity contribution >= 4 is 17.8 Å². The van der Waals surface area contributed by atoms with Gasteiger partial charge in [-0.25, -0.2) is 4.79 Å². The molecule has 6 aliphatic rings. The molecule has 6 N–H and O–H groups in total. The lowest BCUT2D eigenvalue weighted by Gasteiger charge is -2.57.